The first kappa shape index (κ1) is 15.9. The Morgan fingerprint density at radius 1 is 1.30 bits per heavy atom. The fraction of sp³-hybridized carbons (Fsp3) is 0.733. The molecule has 1 aliphatic carbocycles. The summed E-state index contributed by atoms with van der Waals surface area (Å²) in [6.07, 6.45) is 5.16. The Balaban J connectivity index is 1.81. The maximum absolute atomic E-state index is 4.47. The summed E-state index contributed by atoms with van der Waals surface area (Å²) < 4.78 is 2.23. The number of fused-ring (bicyclic) bond motifs is 1. The van der Waals surface area contributed by atoms with Crippen molar-refractivity contribution in [3.05, 3.63) is 17.6 Å². The van der Waals surface area contributed by atoms with E-state index < -0.39 is 0 Å². The van der Waals surface area contributed by atoms with Crippen LogP contribution in [0.15, 0.2) is 6.33 Å². The predicted molar refractivity (Wildman–Crippen MR) is 92.3 cm³/mol. The molecule has 4 nitrogen and oxygen atoms in total. The number of aromatic nitrogens is 2. The van der Waals surface area contributed by atoms with E-state index in [-0.39, 0.29) is 0 Å². The van der Waals surface area contributed by atoms with Gasteiger partial charge in [-0.1, -0.05) is 20.8 Å². The Morgan fingerprint density at radius 2 is 2.10 bits per heavy atom. The van der Waals surface area contributed by atoms with E-state index in [1.54, 1.807) is 6.33 Å². The highest BCUT2D eigenvalue weighted by molar-refractivity contribution is 14.1. The Morgan fingerprint density at radius 3 is 2.85 bits per heavy atom. The molecular weight excluding hydrogens is 363 g/mol. The van der Waals surface area contributed by atoms with E-state index in [2.05, 4.69) is 62.0 Å². The van der Waals surface area contributed by atoms with Crippen molar-refractivity contribution in [2.45, 2.75) is 40.0 Å². The number of aryl methyl sites for hydroxylation is 1. The molecule has 0 bridgehead atoms. The molecule has 1 atom stereocenters. The Labute approximate surface area is 136 Å². The van der Waals surface area contributed by atoms with Gasteiger partial charge in [-0.05, 0) is 37.6 Å². The van der Waals surface area contributed by atoms with Gasteiger partial charge in [0.05, 0.1) is 22.9 Å². The van der Waals surface area contributed by atoms with Crippen LogP contribution in [0.3, 0.4) is 0 Å². The van der Waals surface area contributed by atoms with Crippen LogP contribution in [-0.2, 0) is 12.8 Å². The SMILES string of the molecule is CC(C)C(C)CNCCN(I)c1ncnc2c1CCC2. The molecule has 0 aromatic carbocycles. The van der Waals surface area contributed by atoms with Gasteiger partial charge in [-0.2, -0.15) is 0 Å². The first-order valence-corrected chi connectivity index (χ1v) is 8.53. The van der Waals surface area contributed by atoms with Crippen molar-refractivity contribution in [2.75, 3.05) is 22.7 Å². The van der Waals surface area contributed by atoms with E-state index in [0.29, 0.717) is 0 Å². The summed E-state index contributed by atoms with van der Waals surface area (Å²) in [5.74, 6) is 2.58. The molecule has 0 radical (unpaired) electrons. The smallest absolute Gasteiger partial charge is 0.144 e. The summed E-state index contributed by atoms with van der Waals surface area (Å²) in [5.41, 5.74) is 2.61. The van der Waals surface area contributed by atoms with Crippen LogP contribution >= 0.6 is 22.9 Å². The van der Waals surface area contributed by atoms with Crippen LogP contribution in [0, 0.1) is 11.8 Å². The normalized spacial score (nSPS) is 15.4. The predicted octanol–water partition coefficient (Wildman–Crippen LogP) is 3.00. The molecule has 1 unspecified atom stereocenters. The molecule has 5 heteroatoms. The van der Waals surface area contributed by atoms with Gasteiger partial charge in [0, 0.05) is 24.3 Å². The minimum atomic E-state index is 0.723. The summed E-state index contributed by atoms with van der Waals surface area (Å²) in [5, 5.41) is 3.55. The van der Waals surface area contributed by atoms with Crippen LogP contribution < -0.4 is 8.43 Å². The monoisotopic (exact) mass is 388 g/mol. The standard InChI is InChI=1S/C15H25IN4/c1-11(2)12(3)9-17-7-8-20(16)15-13-5-4-6-14(13)18-10-19-15/h10-12,17H,4-9H2,1-3H3. The van der Waals surface area contributed by atoms with Gasteiger partial charge in [0.25, 0.3) is 0 Å². The summed E-state index contributed by atoms with van der Waals surface area (Å²) in [6, 6.07) is 0. The van der Waals surface area contributed by atoms with Crippen molar-refractivity contribution in [1.82, 2.24) is 15.3 Å². The van der Waals surface area contributed by atoms with Crippen molar-refractivity contribution in [1.29, 1.82) is 0 Å². The molecule has 0 fully saturated rings. The summed E-state index contributed by atoms with van der Waals surface area (Å²) in [6.45, 7) is 9.93. The third-order valence-electron chi connectivity index (χ3n) is 4.17. The largest absolute Gasteiger partial charge is 0.315 e. The molecule has 2 rings (SSSR count). The van der Waals surface area contributed by atoms with E-state index in [0.717, 1.165) is 50.1 Å². The highest BCUT2D eigenvalue weighted by atomic mass is 127. The number of hydrogen-bond donors (Lipinski definition) is 1. The molecule has 1 aromatic heterocycles. The third-order valence-corrected chi connectivity index (χ3v) is 5.11. The lowest BCUT2D eigenvalue weighted by molar-refractivity contribution is 0.395. The maximum atomic E-state index is 4.47. The van der Waals surface area contributed by atoms with Crippen molar-refractivity contribution in [2.24, 2.45) is 11.8 Å². The highest BCUT2D eigenvalue weighted by Crippen LogP contribution is 2.29. The number of nitrogens with one attached hydrogen (secondary N) is 1. The minimum absolute atomic E-state index is 0.723. The first-order valence-electron chi connectivity index (χ1n) is 7.56. The Hall–Kier alpha value is -0.430. The zero-order chi connectivity index (χ0) is 14.5. The van der Waals surface area contributed by atoms with Crippen molar-refractivity contribution in [3.8, 4) is 0 Å². The molecule has 0 aliphatic heterocycles. The Bertz CT molecular complexity index is 436. The minimum Gasteiger partial charge on any atom is -0.315 e. The van der Waals surface area contributed by atoms with E-state index in [1.165, 1.54) is 17.7 Å². The summed E-state index contributed by atoms with van der Waals surface area (Å²) in [4.78, 5) is 8.86. The second kappa shape index (κ2) is 7.54. The second-order valence-electron chi connectivity index (χ2n) is 5.99. The molecule has 112 valence electrons. The molecule has 1 aromatic rings. The van der Waals surface area contributed by atoms with Crippen LogP contribution in [0.1, 0.15) is 38.4 Å². The van der Waals surface area contributed by atoms with Gasteiger partial charge in [-0.3, -0.25) is 3.11 Å². The average Bonchev–Trinajstić information content (AvgIpc) is 2.90. The third kappa shape index (κ3) is 4.04. The molecule has 0 saturated heterocycles. The number of hydrogen-bond acceptors (Lipinski definition) is 4. The molecule has 0 saturated carbocycles. The van der Waals surface area contributed by atoms with E-state index in [9.17, 15) is 0 Å². The van der Waals surface area contributed by atoms with E-state index in [1.807, 2.05) is 0 Å². The highest BCUT2D eigenvalue weighted by Gasteiger charge is 2.19. The number of halogens is 1. The van der Waals surface area contributed by atoms with Gasteiger partial charge in [0.15, 0.2) is 0 Å². The van der Waals surface area contributed by atoms with Gasteiger partial charge in [0.1, 0.15) is 12.1 Å². The molecule has 1 N–H and O–H groups in total. The average molecular weight is 388 g/mol. The van der Waals surface area contributed by atoms with Crippen molar-refractivity contribution >= 4 is 28.7 Å². The van der Waals surface area contributed by atoms with Gasteiger partial charge < -0.3 is 5.32 Å². The van der Waals surface area contributed by atoms with Crippen LogP contribution in [0.25, 0.3) is 0 Å². The fourth-order valence-electron chi connectivity index (χ4n) is 2.40. The lowest BCUT2D eigenvalue weighted by Crippen LogP contribution is -2.31. The van der Waals surface area contributed by atoms with Crippen LogP contribution in [0.2, 0.25) is 0 Å². The Kier molecular flexibility index (Phi) is 6.01. The zero-order valence-corrected chi connectivity index (χ0v) is 14.9. The molecule has 0 spiro atoms. The number of anilines is 1. The topological polar surface area (TPSA) is 41.0 Å². The summed E-state index contributed by atoms with van der Waals surface area (Å²) in [7, 11) is 0. The lowest BCUT2D eigenvalue weighted by atomic mass is 9.98. The molecule has 1 aliphatic rings. The molecule has 1 heterocycles. The van der Waals surface area contributed by atoms with E-state index in [4.69, 9.17) is 0 Å². The fourth-order valence-corrected chi connectivity index (χ4v) is 3.06. The maximum Gasteiger partial charge on any atom is 0.144 e. The van der Waals surface area contributed by atoms with Crippen molar-refractivity contribution < 1.29 is 0 Å². The van der Waals surface area contributed by atoms with Gasteiger partial charge in [-0.15, -0.1) is 0 Å². The number of nitrogens with zero attached hydrogens (tertiary/aromatic N) is 3. The molecule has 20 heavy (non-hydrogen) atoms. The van der Waals surface area contributed by atoms with Gasteiger partial charge >= 0.3 is 0 Å². The summed E-state index contributed by atoms with van der Waals surface area (Å²) >= 11 is 2.37. The second-order valence-corrected chi connectivity index (χ2v) is 7.15. The van der Waals surface area contributed by atoms with E-state index >= 15 is 0 Å². The quantitative estimate of drug-likeness (QED) is 0.443. The first-order chi connectivity index (χ1) is 9.59. The van der Waals surface area contributed by atoms with Gasteiger partial charge in [-0.25, -0.2) is 9.97 Å². The van der Waals surface area contributed by atoms with Crippen molar-refractivity contribution in [3.63, 3.8) is 0 Å². The molecule has 0 amide bonds. The van der Waals surface area contributed by atoms with Crippen LogP contribution in [0.5, 0.6) is 0 Å². The van der Waals surface area contributed by atoms with Gasteiger partial charge in [0.2, 0.25) is 0 Å². The zero-order valence-electron chi connectivity index (χ0n) is 12.7. The van der Waals surface area contributed by atoms with Crippen LogP contribution in [-0.4, -0.2) is 29.6 Å². The number of rotatable bonds is 7. The lowest BCUT2D eigenvalue weighted by Gasteiger charge is -2.20. The van der Waals surface area contributed by atoms with Crippen LogP contribution in [0.4, 0.5) is 5.82 Å². The molecular formula is C15H25IN4.